The number of amides is 1. The zero-order valence-corrected chi connectivity index (χ0v) is 7.81. The highest BCUT2D eigenvalue weighted by Crippen LogP contribution is 2.19. The zero-order chi connectivity index (χ0) is 9.14. The number of aryl methyl sites for hydroxylation is 1. The van der Waals surface area contributed by atoms with Crippen LogP contribution >= 0.6 is 11.3 Å². The van der Waals surface area contributed by atoms with Gasteiger partial charge in [0.05, 0.1) is 9.88 Å². The standard InChI is InChI=1S/C7H11N3OS/c1-4-10-3-5(12-4)6(9-2)7(8)11/h3,6,9H,1-2H3,(H2,8,11). The van der Waals surface area contributed by atoms with E-state index < -0.39 is 6.04 Å². The number of primary amides is 1. The molecule has 0 saturated heterocycles. The van der Waals surface area contributed by atoms with Crippen LogP contribution in [0.25, 0.3) is 0 Å². The molecule has 5 heteroatoms. The minimum atomic E-state index is -0.406. The van der Waals surface area contributed by atoms with Crippen LogP contribution in [0.5, 0.6) is 0 Å². The van der Waals surface area contributed by atoms with E-state index in [-0.39, 0.29) is 5.91 Å². The fourth-order valence-corrected chi connectivity index (χ4v) is 1.84. The smallest absolute Gasteiger partial charge is 0.240 e. The number of nitrogens with two attached hydrogens (primary N) is 1. The van der Waals surface area contributed by atoms with Crippen molar-refractivity contribution in [2.45, 2.75) is 13.0 Å². The molecule has 1 rings (SSSR count). The number of carbonyl (C=O) groups excluding carboxylic acids is 1. The number of carbonyl (C=O) groups is 1. The number of rotatable bonds is 3. The fourth-order valence-electron chi connectivity index (χ4n) is 0.936. The summed E-state index contributed by atoms with van der Waals surface area (Å²) < 4.78 is 0. The number of nitrogens with zero attached hydrogens (tertiary/aromatic N) is 1. The van der Waals surface area contributed by atoms with E-state index in [0.717, 1.165) is 9.88 Å². The maximum absolute atomic E-state index is 10.9. The minimum absolute atomic E-state index is 0.374. The Morgan fingerprint density at radius 3 is 2.83 bits per heavy atom. The van der Waals surface area contributed by atoms with E-state index in [2.05, 4.69) is 10.3 Å². The van der Waals surface area contributed by atoms with Crippen molar-refractivity contribution >= 4 is 17.2 Å². The van der Waals surface area contributed by atoms with Gasteiger partial charge >= 0.3 is 0 Å². The van der Waals surface area contributed by atoms with Crippen molar-refractivity contribution in [3.05, 3.63) is 16.1 Å². The van der Waals surface area contributed by atoms with Gasteiger partial charge in [-0.05, 0) is 14.0 Å². The zero-order valence-electron chi connectivity index (χ0n) is 7.00. The molecule has 1 heterocycles. The Morgan fingerprint density at radius 1 is 1.83 bits per heavy atom. The van der Waals surface area contributed by atoms with Gasteiger partial charge < -0.3 is 11.1 Å². The normalized spacial score (nSPS) is 12.8. The van der Waals surface area contributed by atoms with Gasteiger partial charge in [-0.25, -0.2) is 4.98 Å². The summed E-state index contributed by atoms with van der Waals surface area (Å²) in [6.07, 6.45) is 1.67. The van der Waals surface area contributed by atoms with E-state index in [1.54, 1.807) is 13.2 Å². The summed E-state index contributed by atoms with van der Waals surface area (Å²) in [5.74, 6) is -0.374. The van der Waals surface area contributed by atoms with Crippen LogP contribution in [-0.2, 0) is 4.79 Å². The molecule has 0 fully saturated rings. The second kappa shape index (κ2) is 3.64. The Morgan fingerprint density at radius 2 is 2.50 bits per heavy atom. The first-order valence-corrected chi connectivity index (χ1v) is 4.35. The maximum atomic E-state index is 10.9. The van der Waals surface area contributed by atoms with E-state index in [0.29, 0.717) is 0 Å². The van der Waals surface area contributed by atoms with Gasteiger partial charge in [-0.2, -0.15) is 0 Å². The predicted molar refractivity (Wildman–Crippen MR) is 47.8 cm³/mol. The Labute approximate surface area is 74.8 Å². The van der Waals surface area contributed by atoms with Crippen molar-refractivity contribution in [3.8, 4) is 0 Å². The molecule has 1 amide bonds. The second-order valence-electron chi connectivity index (χ2n) is 2.41. The number of hydrogen-bond donors (Lipinski definition) is 2. The third-order valence-electron chi connectivity index (χ3n) is 1.50. The summed E-state index contributed by atoms with van der Waals surface area (Å²) in [5, 5.41) is 3.76. The van der Waals surface area contributed by atoms with Gasteiger partial charge in [-0.1, -0.05) is 0 Å². The van der Waals surface area contributed by atoms with Gasteiger partial charge in [-0.15, -0.1) is 11.3 Å². The topological polar surface area (TPSA) is 68.0 Å². The van der Waals surface area contributed by atoms with Crippen molar-refractivity contribution in [2.24, 2.45) is 5.73 Å². The molecule has 0 saturated carbocycles. The molecule has 12 heavy (non-hydrogen) atoms. The van der Waals surface area contributed by atoms with Crippen LogP contribution in [0, 0.1) is 6.92 Å². The minimum Gasteiger partial charge on any atom is -0.368 e. The quantitative estimate of drug-likeness (QED) is 0.706. The van der Waals surface area contributed by atoms with E-state index in [9.17, 15) is 4.79 Å². The van der Waals surface area contributed by atoms with Crippen molar-refractivity contribution in [1.82, 2.24) is 10.3 Å². The molecule has 0 bridgehead atoms. The van der Waals surface area contributed by atoms with Gasteiger partial charge in [0.2, 0.25) is 5.91 Å². The Kier molecular flexibility index (Phi) is 2.78. The number of thiazole rings is 1. The summed E-state index contributed by atoms with van der Waals surface area (Å²) >= 11 is 1.47. The van der Waals surface area contributed by atoms with Gasteiger partial charge in [0.1, 0.15) is 6.04 Å². The van der Waals surface area contributed by atoms with E-state index in [4.69, 9.17) is 5.73 Å². The molecule has 0 aliphatic carbocycles. The van der Waals surface area contributed by atoms with Crippen LogP contribution in [0.3, 0.4) is 0 Å². The average molecular weight is 185 g/mol. The lowest BCUT2D eigenvalue weighted by Gasteiger charge is -2.07. The molecule has 0 radical (unpaired) electrons. The molecular weight excluding hydrogens is 174 g/mol. The number of nitrogens with one attached hydrogen (secondary N) is 1. The summed E-state index contributed by atoms with van der Waals surface area (Å²) in [5.41, 5.74) is 5.17. The van der Waals surface area contributed by atoms with Crippen molar-refractivity contribution in [2.75, 3.05) is 7.05 Å². The molecule has 1 atom stereocenters. The average Bonchev–Trinajstić information content (AvgIpc) is 2.37. The molecule has 3 N–H and O–H groups in total. The van der Waals surface area contributed by atoms with Gasteiger partial charge in [-0.3, -0.25) is 4.79 Å². The van der Waals surface area contributed by atoms with Crippen LogP contribution in [0.1, 0.15) is 15.9 Å². The van der Waals surface area contributed by atoms with Gasteiger partial charge in [0, 0.05) is 6.20 Å². The van der Waals surface area contributed by atoms with Crippen molar-refractivity contribution in [1.29, 1.82) is 0 Å². The molecule has 1 unspecified atom stereocenters. The lowest BCUT2D eigenvalue weighted by Crippen LogP contribution is -2.30. The van der Waals surface area contributed by atoms with Crippen LogP contribution in [0.15, 0.2) is 6.20 Å². The third kappa shape index (κ3) is 1.80. The van der Waals surface area contributed by atoms with E-state index >= 15 is 0 Å². The Balaban J connectivity index is 2.87. The molecule has 0 aliphatic rings. The van der Waals surface area contributed by atoms with Crippen LogP contribution < -0.4 is 11.1 Å². The molecule has 1 aromatic heterocycles. The number of hydrogen-bond acceptors (Lipinski definition) is 4. The van der Waals surface area contributed by atoms with Gasteiger partial charge in [0.25, 0.3) is 0 Å². The first kappa shape index (κ1) is 9.15. The van der Waals surface area contributed by atoms with Crippen LogP contribution in [0.2, 0.25) is 0 Å². The summed E-state index contributed by atoms with van der Waals surface area (Å²) in [4.78, 5) is 15.8. The number of aromatic nitrogens is 1. The SMILES string of the molecule is CNC(C(N)=O)c1cnc(C)s1. The predicted octanol–water partition coefficient (Wildman–Crippen LogP) is 0.197. The van der Waals surface area contributed by atoms with E-state index in [1.165, 1.54) is 11.3 Å². The molecule has 4 nitrogen and oxygen atoms in total. The maximum Gasteiger partial charge on any atom is 0.240 e. The van der Waals surface area contributed by atoms with Crippen LogP contribution in [-0.4, -0.2) is 17.9 Å². The lowest BCUT2D eigenvalue weighted by atomic mass is 10.2. The lowest BCUT2D eigenvalue weighted by molar-refractivity contribution is -0.119. The highest BCUT2D eigenvalue weighted by atomic mass is 32.1. The summed E-state index contributed by atoms with van der Waals surface area (Å²) in [6.45, 7) is 1.89. The molecular formula is C7H11N3OS. The van der Waals surface area contributed by atoms with Gasteiger partial charge in [0.15, 0.2) is 0 Å². The second-order valence-corrected chi connectivity index (χ2v) is 3.67. The molecule has 0 aliphatic heterocycles. The molecule has 0 spiro atoms. The fraction of sp³-hybridized carbons (Fsp3) is 0.429. The molecule has 0 aromatic carbocycles. The Hall–Kier alpha value is -0.940. The Bertz CT molecular complexity index is 284. The summed E-state index contributed by atoms with van der Waals surface area (Å²) in [6, 6.07) is -0.406. The van der Waals surface area contributed by atoms with Crippen molar-refractivity contribution in [3.63, 3.8) is 0 Å². The van der Waals surface area contributed by atoms with Crippen LogP contribution in [0.4, 0.5) is 0 Å². The highest BCUT2D eigenvalue weighted by molar-refractivity contribution is 7.11. The molecule has 1 aromatic rings. The highest BCUT2D eigenvalue weighted by Gasteiger charge is 2.17. The van der Waals surface area contributed by atoms with Crippen molar-refractivity contribution < 1.29 is 4.79 Å². The number of likely N-dealkylation sites (N-methyl/N-ethyl adjacent to an activating group) is 1. The first-order chi connectivity index (χ1) is 5.65. The third-order valence-corrected chi connectivity index (χ3v) is 2.47. The largest absolute Gasteiger partial charge is 0.368 e. The summed E-state index contributed by atoms with van der Waals surface area (Å²) in [7, 11) is 1.70. The monoisotopic (exact) mass is 185 g/mol. The molecule has 66 valence electrons. The first-order valence-electron chi connectivity index (χ1n) is 3.54. The van der Waals surface area contributed by atoms with E-state index in [1.807, 2.05) is 6.92 Å².